The molecule has 2 aromatic carbocycles. The Labute approximate surface area is 133 Å². The van der Waals surface area contributed by atoms with Gasteiger partial charge in [0.25, 0.3) is 0 Å². The smallest absolute Gasteiger partial charge is 0.352 e. The summed E-state index contributed by atoms with van der Waals surface area (Å²) in [7, 11) is 0. The Morgan fingerprint density at radius 2 is 1.91 bits per heavy atom. The minimum atomic E-state index is -0.933. The fourth-order valence-electron chi connectivity index (χ4n) is 2.73. The predicted molar refractivity (Wildman–Crippen MR) is 88.9 cm³/mol. The second kappa shape index (κ2) is 5.50. The van der Waals surface area contributed by atoms with Crippen molar-refractivity contribution in [2.75, 3.05) is 0 Å². The molecule has 0 aliphatic rings. The number of benzene rings is 2. The van der Waals surface area contributed by atoms with Crippen LogP contribution < -0.4 is 0 Å². The molecule has 0 amide bonds. The van der Waals surface area contributed by atoms with Crippen molar-refractivity contribution in [2.45, 2.75) is 20.4 Å². The number of halogens is 1. The summed E-state index contributed by atoms with van der Waals surface area (Å²) in [5.41, 5.74) is 4.59. The molecule has 1 N–H and O–H groups in total. The number of rotatable bonds is 3. The molecule has 112 valence electrons. The number of aryl methyl sites for hydroxylation is 2. The van der Waals surface area contributed by atoms with Crippen LogP contribution in [0.15, 0.2) is 42.5 Å². The third kappa shape index (κ3) is 2.60. The highest BCUT2D eigenvalue weighted by atomic mass is 35.5. The Hall–Kier alpha value is -2.26. The number of aromatic carboxylic acids is 1. The number of hydrogen-bond donors (Lipinski definition) is 1. The van der Waals surface area contributed by atoms with E-state index < -0.39 is 5.97 Å². The maximum absolute atomic E-state index is 11.6. The van der Waals surface area contributed by atoms with Gasteiger partial charge in [-0.3, -0.25) is 0 Å². The molecular weight excluding hydrogens is 298 g/mol. The van der Waals surface area contributed by atoms with E-state index in [1.165, 1.54) is 0 Å². The molecule has 3 nitrogen and oxygen atoms in total. The molecule has 0 fully saturated rings. The molecule has 0 spiro atoms. The summed E-state index contributed by atoms with van der Waals surface area (Å²) in [6.07, 6.45) is 0. The molecule has 1 aromatic heterocycles. The SMILES string of the molecule is Cc1ccc(C)c(Cn2c(C(=O)O)cc3cc(Cl)ccc32)c1. The Morgan fingerprint density at radius 1 is 1.14 bits per heavy atom. The number of fused-ring (bicyclic) bond motifs is 1. The van der Waals surface area contributed by atoms with E-state index in [9.17, 15) is 9.90 Å². The number of carboxylic acid groups (broad SMARTS) is 1. The van der Waals surface area contributed by atoms with Crippen molar-refractivity contribution in [1.82, 2.24) is 4.57 Å². The lowest BCUT2D eigenvalue weighted by molar-refractivity contribution is 0.0686. The molecule has 1 heterocycles. The zero-order valence-corrected chi connectivity index (χ0v) is 13.2. The topological polar surface area (TPSA) is 42.2 Å². The zero-order valence-electron chi connectivity index (χ0n) is 12.4. The van der Waals surface area contributed by atoms with Crippen LogP contribution in [0, 0.1) is 13.8 Å². The van der Waals surface area contributed by atoms with E-state index in [1.54, 1.807) is 18.2 Å². The monoisotopic (exact) mass is 313 g/mol. The van der Waals surface area contributed by atoms with Gasteiger partial charge in [0, 0.05) is 22.5 Å². The van der Waals surface area contributed by atoms with Crippen LogP contribution in [-0.2, 0) is 6.54 Å². The molecule has 0 aliphatic carbocycles. The van der Waals surface area contributed by atoms with Crippen molar-refractivity contribution >= 4 is 28.5 Å². The quantitative estimate of drug-likeness (QED) is 0.764. The summed E-state index contributed by atoms with van der Waals surface area (Å²) in [6, 6.07) is 13.4. The number of carbonyl (C=O) groups is 1. The molecule has 0 aliphatic heterocycles. The fourth-order valence-corrected chi connectivity index (χ4v) is 2.91. The third-order valence-corrected chi connectivity index (χ3v) is 4.15. The zero-order chi connectivity index (χ0) is 15.9. The van der Waals surface area contributed by atoms with E-state index in [2.05, 4.69) is 18.2 Å². The van der Waals surface area contributed by atoms with Crippen LogP contribution in [0.1, 0.15) is 27.2 Å². The molecule has 22 heavy (non-hydrogen) atoms. The fraction of sp³-hybridized carbons (Fsp3) is 0.167. The van der Waals surface area contributed by atoms with E-state index in [-0.39, 0.29) is 5.69 Å². The lowest BCUT2D eigenvalue weighted by Crippen LogP contribution is -2.10. The summed E-state index contributed by atoms with van der Waals surface area (Å²) < 4.78 is 1.83. The van der Waals surface area contributed by atoms with E-state index >= 15 is 0 Å². The Balaban J connectivity index is 2.18. The van der Waals surface area contributed by atoms with Gasteiger partial charge in [0.15, 0.2) is 0 Å². The van der Waals surface area contributed by atoms with E-state index in [1.807, 2.05) is 24.5 Å². The predicted octanol–water partition coefficient (Wildman–Crippen LogP) is 4.66. The van der Waals surface area contributed by atoms with Gasteiger partial charge >= 0.3 is 5.97 Å². The molecule has 0 saturated carbocycles. The minimum Gasteiger partial charge on any atom is -0.477 e. The van der Waals surface area contributed by atoms with Gasteiger partial charge in [0.05, 0.1) is 0 Å². The number of hydrogen-bond acceptors (Lipinski definition) is 1. The van der Waals surface area contributed by atoms with Gasteiger partial charge in [-0.1, -0.05) is 35.4 Å². The minimum absolute atomic E-state index is 0.276. The van der Waals surface area contributed by atoms with Crippen LogP contribution in [0.3, 0.4) is 0 Å². The first kappa shape index (κ1) is 14.7. The number of nitrogens with zero attached hydrogens (tertiary/aromatic N) is 1. The van der Waals surface area contributed by atoms with E-state index in [0.717, 1.165) is 27.6 Å². The average Bonchev–Trinajstić information content (AvgIpc) is 2.81. The molecule has 0 radical (unpaired) electrons. The van der Waals surface area contributed by atoms with Crippen LogP contribution in [0.4, 0.5) is 0 Å². The highest BCUT2D eigenvalue weighted by Crippen LogP contribution is 2.25. The van der Waals surface area contributed by atoms with E-state index in [4.69, 9.17) is 11.6 Å². The maximum Gasteiger partial charge on any atom is 0.352 e. The van der Waals surface area contributed by atoms with Crippen molar-refractivity contribution in [2.24, 2.45) is 0 Å². The Bertz CT molecular complexity index is 880. The van der Waals surface area contributed by atoms with Gasteiger partial charge in [-0.2, -0.15) is 0 Å². The normalized spacial score (nSPS) is 11.0. The summed E-state index contributed by atoms with van der Waals surface area (Å²) in [5.74, 6) is -0.933. The first-order valence-electron chi connectivity index (χ1n) is 7.04. The van der Waals surface area contributed by atoms with Gasteiger partial charge in [0.1, 0.15) is 5.69 Å². The standard InChI is InChI=1S/C18H16ClNO2/c1-11-3-4-12(2)14(7-11)10-20-16-6-5-15(19)8-13(16)9-17(20)18(21)22/h3-9H,10H2,1-2H3,(H,21,22). The summed E-state index contributed by atoms with van der Waals surface area (Å²) >= 11 is 6.01. The first-order chi connectivity index (χ1) is 10.5. The number of aromatic nitrogens is 1. The third-order valence-electron chi connectivity index (χ3n) is 3.92. The molecule has 0 unspecified atom stereocenters. The highest BCUT2D eigenvalue weighted by molar-refractivity contribution is 6.31. The van der Waals surface area contributed by atoms with Crippen LogP contribution in [0.5, 0.6) is 0 Å². The molecule has 0 saturated heterocycles. The van der Waals surface area contributed by atoms with Crippen molar-refractivity contribution in [3.05, 3.63) is 69.9 Å². The van der Waals surface area contributed by atoms with Crippen LogP contribution >= 0.6 is 11.6 Å². The molecule has 0 atom stereocenters. The van der Waals surface area contributed by atoms with Crippen molar-refractivity contribution < 1.29 is 9.90 Å². The van der Waals surface area contributed by atoms with Crippen LogP contribution in [0.2, 0.25) is 5.02 Å². The van der Waals surface area contributed by atoms with Gasteiger partial charge in [0.2, 0.25) is 0 Å². The molecule has 3 aromatic rings. The highest BCUT2D eigenvalue weighted by Gasteiger charge is 2.15. The van der Waals surface area contributed by atoms with E-state index in [0.29, 0.717) is 11.6 Å². The van der Waals surface area contributed by atoms with Gasteiger partial charge < -0.3 is 9.67 Å². The van der Waals surface area contributed by atoms with Gasteiger partial charge in [-0.05, 0) is 49.2 Å². The van der Waals surface area contributed by atoms with Gasteiger partial charge in [-0.15, -0.1) is 0 Å². The summed E-state index contributed by atoms with van der Waals surface area (Å²) in [5, 5.41) is 10.9. The molecule has 0 bridgehead atoms. The molecule has 4 heteroatoms. The van der Waals surface area contributed by atoms with Crippen molar-refractivity contribution in [3.63, 3.8) is 0 Å². The molecular formula is C18H16ClNO2. The average molecular weight is 314 g/mol. The lowest BCUT2D eigenvalue weighted by atomic mass is 10.1. The largest absolute Gasteiger partial charge is 0.477 e. The second-order valence-electron chi connectivity index (χ2n) is 5.55. The Kier molecular flexibility index (Phi) is 3.67. The summed E-state index contributed by atoms with van der Waals surface area (Å²) in [6.45, 7) is 4.60. The van der Waals surface area contributed by atoms with Crippen molar-refractivity contribution in [1.29, 1.82) is 0 Å². The number of carboxylic acids is 1. The lowest BCUT2D eigenvalue weighted by Gasteiger charge is -2.12. The summed E-state index contributed by atoms with van der Waals surface area (Å²) in [4.78, 5) is 11.6. The maximum atomic E-state index is 11.6. The first-order valence-corrected chi connectivity index (χ1v) is 7.42. The van der Waals surface area contributed by atoms with Crippen molar-refractivity contribution in [3.8, 4) is 0 Å². The van der Waals surface area contributed by atoms with Crippen LogP contribution in [-0.4, -0.2) is 15.6 Å². The van der Waals surface area contributed by atoms with Gasteiger partial charge in [-0.25, -0.2) is 4.79 Å². The second-order valence-corrected chi connectivity index (χ2v) is 5.99. The molecule has 3 rings (SSSR count). The van der Waals surface area contributed by atoms with Crippen LogP contribution in [0.25, 0.3) is 10.9 Å². The Morgan fingerprint density at radius 3 is 2.64 bits per heavy atom.